The van der Waals surface area contributed by atoms with E-state index in [2.05, 4.69) is 50.4 Å². The summed E-state index contributed by atoms with van der Waals surface area (Å²) in [5.74, 6) is -0.131. The predicted molar refractivity (Wildman–Crippen MR) is 103 cm³/mol. The van der Waals surface area contributed by atoms with Gasteiger partial charge in [-0.25, -0.2) is 0 Å². The highest BCUT2D eigenvalue weighted by Gasteiger charge is 2.13. The van der Waals surface area contributed by atoms with Gasteiger partial charge in [-0.2, -0.15) is 0 Å². The first kappa shape index (κ1) is 19.5. The summed E-state index contributed by atoms with van der Waals surface area (Å²) in [7, 11) is 0. The number of aryl methyl sites for hydroxylation is 1. The third-order valence-corrected chi connectivity index (χ3v) is 3.96. The van der Waals surface area contributed by atoms with Gasteiger partial charge in [0.05, 0.1) is 0 Å². The smallest absolute Gasteiger partial charge is 0.255 e. The number of hydrogen-bond acceptors (Lipinski definition) is 3. The molecule has 0 unspecified atom stereocenters. The SMILES string of the molecule is CC(C)(C)c1ccc(CCC(=O)Nc2cccc(OCC(N)=O)c2)cc1. The molecule has 0 saturated heterocycles. The Morgan fingerprint density at radius 1 is 1.08 bits per heavy atom. The van der Waals surface area contributed by atoms with Crippen LogP contribution in [0, 0.1) is 0 Å². The topological polar surface area (TPSA) is 81.4 Å². The van der Waals surface area contributed by atoms with Gasteiger partial charge in [0.1, 0.15) is 5.75 Å². The maximum atomic E-state index is 12.2. The van der Waals surface area contributed by atoms with Crippen LogP contribution in [0.2, 0.25) is 0 Å². The first-order valence-corrected chi connectivity index (χ1v) is 8.64. The van der Waals surface area contributed by atoms with Crippen molar-refractivity contribution in [3.05, 3.63) is 59.7 Å². The van der Waals surface area contributed by atoms with E-state index in [0.717, 1.165) is 5.56 Å². The minimum absolute atomic E-state index is 0.0723. The number of primary amides is 1. The van der Waals surface area contributed by atoms with E-state index >= 15 is 0 Å². The molecule has 2 aromatic carbocycles. The zero-order valence-corrected chi connectivity index (χ0v) is 15.5. The monoisotopic (exact) mass is 354 g/mol. The summed E-state index contributed by atoms with van der Waals surface area (Å²) in [6, 6.07) is 15.3. The summed E-state index contributed by atoms with van der Waals surface area (Å²) in [5.41, 5.74) is 8.21. The molecule has 0 aliphatic rings. The summed E-state index contributed by atoms with van der Waals surface area (Å²) in [6.07, 6.45) is 1.06. The van der Waals surface area contributed by atoms with Gasteiger partial charge in [-0.3, -0.25) is 9.59 Å². The van der Waals surface area contributed by atoms with Crippen LogP contribution in [0.3, 0.4) is 0 Å². The molecular weight excluding hydrogens is 328 g/mol. The van der Waals surface area contributed by atoms with Crippen LogP contribution in [0.15, 0.2) is 48.5 Å². The summed E-state index contributed by atoms with van der Waals surface area (Å²) in [6.45, 7) is 6.34. The number of hydrogen-bond donors (Lipinski definition) is 2. The summed E-state index contributed by atoms with van der Waals surface area (Å²) in [4.78, 5) is 22.9. The van der Waals surface area contributed by atoms with Crippen molar-refractivity contribution >= 4 is 17.5 Å². The second-order valence-corrected chi connectivity index (χ2v) is 7.28. The zero-order valence-electron chi connectivity index (χ0n) is 15.5. The molecule has 0 bridgehead atoms. The molecule has 0 fully saturated rings. The Balaban J connectivity index is 1.87. The fraction of sp³-hybridized carbons (Fsp3) is 0.333. The normalized spacial score (nSPS) is 11.0. The van der Waals surface area contributed by atoms with Crippen molar-refractivity contribution in [3.8, 4) is 5.75 Å². The maximum absolute atomic E-state index is 12.2. The van der Waals surface area contributed by atoms with E-state index in [1.807, 2.05) is 0 Å². The van der Waals surface area contributed by atoms with E-state index in [-0.39, 0.29) is 17.9 Å². The predicted octanol–water partition coefficient (Wildman–Crippen LogP) is 3.42. The lowest BCUT2D eigenvalue weighted by atomic mass is 9.86. The largest absolute Gasteiger partial charge is 0.484 e. The highest BCUT2D eigenvalue weighted by atomic mass is 16.5. The standard InChI is InChI=1S/C21H26N2O3/c1-21(2,3)16-10-7-15(8-11-16)9-12-20(25)23-17-5-4-6-18(13-17)26-14-19(22)24/h4-8,10-11,13H,9,12,14H2,1-3H3,(H2,22,24)(H,23,25). The van der Waals surface area contributed by atoms with Crippen molar-refractivity contribution in [2.45, 2.75) is 39.0 Å². The fourth-order valence-corrected chi connectivity index (χ4v) is 2.47. The number of nitrogens with two attached hydrogens (primary N) is 1. The van der Waals surface area contributed by atoms with Gasteiger partial charge in [0, 0.05) is 18.2 Å². The molecule has 5 heteroatoms. The highest BCUT2D eigenvalue weighted by molar-refractivity contribution is 5.91. The molecule has 0 spiro atoms. The van der Waals surface area contributed by atoms with E-state index in [0.29, 0.717) is 24.3 Å². The van der Waals surface area contributed by atoms with Crippen LogP contribution in [-0.2, 0) is 21.4 Å². The van der Waals surface area contributed by atoms with Crippen LogP contribution in [-0.4, -0.2) is 18.4 Å². The van der Waals surface area contributed by atoms with Crippen molar-refractivity contribution < 1.29 is 14.3 Å². The third-order valence-electron chi connectivity index (χ3n) is 3.96. The molecule has 2 rings (SSSR count). The number of benzene rings is 2. The first-order chi connectivity index (χ1) is 12.2. The number of rotatable bonds is 7. The average Bonchev–Trinajstić information content (AvgIpc) is 2.58. The van der Waals surface area contributed by atoms with Crippen LogP contribution in [0.25, 0.3) is 0 Å². The molecule has 0 atom stereocenters. The molecule has 0 radical (unpaired) electrons. The molecule has 0 aliphatic heterocycles. The Morgan fingerprint density at radius 3 is 2.38 bits per heavy atom. The van der Waals surface area contributed by atoms with Gasteiger partial charge >= 0.3 is 0 Å². The van der Waals surface area contributed by atoms with Crippen molar-refractivity contribution in [2.24, 2.45) is 5.73 Å². The van der Waals surface area contributed by atoms with Crippen molar-refractivity contribution in [2.75, 3.05) is 11.9 Å². The van der Waals surface area contributed by atoms with Gasteiger partial charge in [-0.15, -0.1) is 0 Å². The van der Waals surface area contributed by atoms with Gasteiger partial charge in [-0.05, 0) is 35.1 Å². The van der Waals surface area contributed by atoms with E-state index < -0.39 is 5.91 Å². The molecule has 0 saturated carbocycles. The van der Waals surface area contributed by atoms with E-state index in [1.54, 1.807) is 24.3 Å². The number of ether oxygens (including phenoxy) is 1. The molecule has 138 valence electrons. The number of carbonyl (C=O) groups is 2. The first-order valence-electron chi connectivity index (χ1n) is 8.64. The molecule has 2 aromatic rings. The fourth-order valence-electron chi connectivity index (χ4n) is 2.47. The van der Waals surface area contributed by atoms with Crippen LogP contribution >= 0.6 is 0 Å². The Bertz CT molecular complexity index is 762. The number of carbonyl (C=O) groups excluding carboxylic acids is 2. The molecule has 3 N–H and O–H groups in total. The second-order valence-electron chi connectivity index (χ2n) is 7.28. The van der Waals surface area contributed by atoms with Crippen molar-refractivity contribution in [3.63, 3.8) is 0 Å². The number of amides is 2. The summed E-state index contributed by atoms with van der Waals surface area (Å²) >= 11 is 0. The van der Waals surface area contributed by atoms with Crippen LogP contribution < -0.4 is 15.8 Å². The van der Waals surface area contributed by atoms with Crippen molar-refractivity contribution in [1.29, 1.82) is 0 Å². The number of anilines is 1. The molecule has 2 amide bonds. The van der Waals surface area contributed by atoms with Crippen molar-refractivity contribution in [1.82, 2.24) is 0 Å². The number of nitrogens with one attached hydrogen (secondary N) is 1. The lowest BCUT2D eigenvalue weighted by Gasteiger charge is -2.19. The van der Waals surface area contributed by atoms with Crippen LogP contribution in [0.1, 0.15) is 38.3 Å². The van der Waals surface area contributed by atoms with Gasteiger partial charge in [-0.1, -0.05) is 51.1 Å². The van der Waals surface area contributed by atoms with Gasteiger partial charge < -0.3 is 15.8 Å². The zero-order chi connectivity index (χ0) is 19.2. The minimum Gasteiger partial charge on any atom is -0.484 e. The third kappa shape index (κ3) is 6.24. The molecule has 0 aliphatic carbocycles. The molecule has 26 heavy (non-hydrogen) atoms. The molecule has 0 heterocycles. The van der Waals surface area contributed by atoms with E-state index in [4.69, 9.17) is 10.5 Å². The Labute approximate surface area is 154 Å². The summed E-state index contributed by atoms with van der Waals surface area (Å²) < 4.78 is 5.23. The maximum Gasteiger partial charge on any atom is 0.255 e. The Hall–Kier alpha value is -2.82. The van der Waals surface area contributed by atoms with E-state index in [9.17, 15) is 9.59 Å². The average molecular weight is 354 g/mol. The minimum atomic E-state index is -0.545. The summed E-state index contributed by atoms with van der Waals surface area (Å²) in [5, 5.41) is 2.84. The van der Waals surface area contributed by atoms with Gasteiger partial charge in [0.15, 0.2) is 6.61 Å². The van der Waals surface area contributed by atoms with E-state index in [1.165, 1.54) is 5.56 Å². The molecular formula is C21H26N2O3. The lowest BCUT2D eigenvalue weighted by molar-refractivity contribution is -0.120. The Morgan fingerprint density at radius 2 is 1.77 bits per heavy atom. The lowest BCUT2D eigenvalue weighted by Crippen LogP contribution is -2.20. The highest BCUT2D eigenvalue weighted by Crippen LogP contribution is 2.22. The molecule has 0 aromatic heterocycles. The Kier molecular flexibility index (Phi) is 6.39. The van der Waals surface area contributed by atoms with Gasteiger partial charge in [0.25, 0.3) is 5.91 Å². The van der Waals surface area contributed by atoms with Gasteiger partial charge in [0.2, 0.25) is 5.91 Å². The second kappa shape index (κ2) is 8.52. The molecule has 5 nitrogen and oxygen atoms in total. The quantitative estimate of drug-likeness (QED) is 0.799. The van der Waals surface area contributed by atoms with Crippen LogP contribution in [0.4, 0.5) is 5.69 Å². The van der Waals surface area contributed by atoms with Crippen LogP contribution in [0.5, 0.6) is 5.75 Å².